The molecule has 0 aliphatic carbocycles. The number of carbonyl (C=O) groups is 1. The van der Waals surface area contributed by atoms with Crippen LogP contribution in [0.25, 0.3) is 20.8 Å². The first-order valence-corrected chi connectivity index (χ1v) is 11.0. The topological polar surface area (TPSA) is 92.7 Å². The van der Waals surface area contributed by atoms with Gasteiger partial charge in [-0.15, -0.1) is 11.3 Å². The van der Waals surface area contributed by atoms with Crippen molar-refractivity contribution in [2.45, 2.75) is 0 Å². The number of anilines is 1. The van der Waals surface area contributed by atoms with E-state index in [4.69, 9.17) is 21.7 Å². The Morgan fingerprint density at radius 1 is 1.03 bits per heavy atom. The number of hydrogen-bond acceptors (Lipinski definition) is 7. The smallest absolute Gasteiger partial charge is 0.257 e. The van der Waals surface area contributed by atoms with Crippen molar-refractivity contribution < 1.29 is 19.4 Å². The van der Waals surface area contributed by atoms with Crippen molar-refractivity contribution in [3.05, 3.63) is 66.2 Å². The second-order valence-electron chi connectivity index (χ2n) is 6.99. The molecule has 160 valence electrons. The molecule has 3 N–H and O–H groups in total. The molecule has 4 aromatic rings. The van der Waals surface area contributed by atoms with Crippen LogP contribution in [0, 0.1) is 0 Å². The molecule has 5 rings (SSSR count). The van der Waals surface area contributed by atoms with Crippen LogP contribution in [0.5, 0.6) is 17.2 Å². The Labute approximate surface area is 192 Å². The second kappa shape index (κ2) is 8.45. The van der Waals surface area contributed by atoms with Gasteiger partial charge in [-0.25, -0.2) is 4.98 Å². The molecule has 0 saturated heterocycles. The van der Waals surface area contributed by atoms with Gasteiger partial charge in [0.25, 0.3) is 5.91 Å². The summed E-state index contributed by atoms with van der Waals surface area (Å²) in [5.74, 6) is 0.882. The minimum atomic E-state index is -0.371. The summed E-state index contributed by atoms with van der Waals surface area (Å²) in [5, 5.41) is 16.8. The summed E-state index contributed by atoms with van der Waals surface area (Å²) in [7, 11) is 0. The van der Waals surface area contributed by atoms with E-state index in [0.29, 0.717) is 46.5 Å². The van der Waals surface area contributed by atoms with Gasteiger partial charge in [0.1, 0.15) is 24.0 Å². The number of fused-ring (bicyclic) bond motifs is 2. The average Bonchev–Trinajstić information content (AvgIpc) is 3.24. The van der Waals surface area contributed by atoms with Gasteiger partial charge in [0.05, 0.1) is 15.8 Å². The van der Waals surface area contributed by atoms with E-state index in [1.807, 2.05) is 24.3 Å². The highest BCUT2D eigenvalue weighted by Gasteiger charge is 2.16. The van der Waals surface area contributed by atoms with Crippen LogP contribution < -0.4 is 20.1 Å². The zero-order valence-corrected chi connectivity index (χ0v) is 18.3. The number of thiazole rings is 1. The Bertz CT molecular complexity index is 1320. The molecule has 0 fully saturated rings. The number of rotatable bonds is 3. The van der Waals surface area contributed by atoms with Crippen molar-refractivity contribution >= 4 is 50.5 Å². The maximum Gasteiger partial charge on any atom is 0.257 e. The van der Waals surface area contributed by atoms with E-state index in [1.165, 1.54) is 11.3 Å². The number of nitrogens with one attached hydrogen (secondary N) is 2. The first kappa shape index (κ1) is 20.2. The quantitative estimate of drug-likeness (QED) is 0.303. The van der Waals surface area contributed by atoms with E-state index in [9.17, 15) is 9.90 Å². The van der Waals surface area contributed by atoms with Crippen molar-refractivity contribution in [3.8, 4) is 27.8 Å². The highest BCUT2D eigenvalue weighted by Crippen LogP contribution is 2.36. The van der Waals surface area contributed by atoms with Crippen LogP contribution in [-0.2, 0) is 0 Å². The Hall–Kier alpha value is -3.69. The first-order chi connectivity index (χ1) is 15.6. The average molecular weight is 464 g/mol. The van der Waals surface area contributed by atoms with Gasteiger partial charge >= 0.3 is 0 Å². The maximum absolute atomic E-state index is 12.6. The molecule has 1 aliphatic rings. The van der Waals surface area contributed by atoms with Crippen LogP contribution >= 0.6 is 23.6 Å². The third-order valence-corrected chi connectivity index (χ3v) is 6.08. The Morgan fingerprint density at radius 3 is 2.69 bits per heavy atom. The van der Waals surface area contributed by atoms with E-state index in [-0.39, 0.29) is 16.8 Å². The number of ether oxygens (including phenoxy) is 2. The minimum Gasteiger partial charge on any atom is -0.507 e. The lowest BCUT2D eigenvalue weighted by atomic mass is 10.2. The fourth-order valence-corrected chi connectivity index (χ4v) is 4.50. The molecule has 0 saturated carbocycles. The van der Waals surface area contributed by atoms with E-state index in [1.54, 1.807) is 36.4 Å². The van der Waals surface area contributed by atoms with Gasteiger partial charge in [0.2, 0.25) is 0 Å². The Kier molecular flexibility index (Phi) is 5.34. The number of hydrogen-bond donors (Lipinski definition) is 3. The Balaban J connectivity index is 1.31. The van der Waals surface area contributed by atoms with Crippen molar-refractivity contribution in [1.82, 2.24) is 10.3 Å². The molecule has 0 spiro atoms. The predicted molar refractivity (Wildman–Crippen MR) is 128 cm³/mol. The molecular formula is C23H17N3O4S2. The lowest BCUT2D eigenvalue weighted by molar-refractivity contribution is 0.0976. The number of benzene rings is 3. The van der Waals surface area contributed by atoms with Crippen LogP contribution in [0.1, 0.15) is 10.4 Å². The second-order valence-corrected chi connectivity index (χ2v) is 8.42. The number of phenolic OH excluding ortho intramolecular Hbond substituents is 1. The van der Waals surface area contributed by atoms with Gasteiger partial charge in [-0.05, 0) is 60.7 Å². The molecule has 0 atom stereocenters. The van der Waals surface area contributed by atoms with E-state index in [0.717, 1.165) is 10.2 Å². The standard InChI is InChI=1S/C23H17N3O4S2/c27-17-7-6-14(12-15(17)22-25-16-3-1-2-4-20(16)32-22)24-23(31)26-21(28)13-5-8-18-19(11-13)30-10-9-29-18/h1-8,11-12,27H,9-10H2,(H2,24,26,28,31). The summed E-state index contributed by atoms with van der Waals surface area (Å²) in [6.07, 6.45) is 0. The van der Waals surface area contributed by atoms with E-state index < -0.39 is 0 Å². The molecule has 32 heavy (non-hydrogen) atoms. The molecule has 9 heteroatoms. The molecular weight excluding hydrogens is 446 g/mol. The number of aromatic hydroxyl groups is 1. The number of amides is 1. The summed E-state index contributed by atoms with van der Waals surface area (Å²) < 4.78 is 12.0. The van der Waals surface area contributed by atoms with Gasteiger partial charge in [-0.3, -0.25) is 10.1 Å². The lowest BCUT2D eigenvalue weighted by Gasteiger charge is -2.18. The normalized spacial score (nSPS) is 12.4. The van der Waals surface area contributed by atoms with Crippen molar-refractivity contribution in [3.63, 3.8) is 0 Å². The molecule has 7 nitrogen and oxygen atoms in total. The van der Waals surface area contributed by atoms with Gasteiger partial charge in [0.15, 0.2) is 16.6 Å². The van der Waals surface area contributed by atoms with Crippen LogP contribution in [0.4, 0.5) is 5.69 Å². The van der Waals surface area contributed by atoms with Crippen LogP contribution in [0.15, 0.2) is 60.7 Å². The summed E-state index contributed by atoms with van der Waals surface area (Å²) in [6.45, 7) is 0.925. The maximum atomic E-state index is 12.6. The zero-order chi connectivity index (χ0) is 22.1. The summed E-state index contributed by atoms with van der Waals surface area (Å²) >= 11 is 6.79. The van der Waals surface area contributed by atoms with Crippen LogP contribution in [0.2, 0.25) is 0 Å². The first-order valence-electron chi connectivity index (χ1n) is 9.78. The molecule has 2 heterocycles. The monoisotopic (exact) mass is 463 g/mol. The fraction of sp³-hybridized carbons (Fsp3) is 0.0870. The highest BCUT2D eigenvalue weighted by atomic mass is 32.1. The summed E-state index contributed by atoms with van der Waals surface area (Å²) in [4.78, 5) is 17.2. The number of thiocarbonyl (C=S) groups is 1. The molecule has 1 aromatic heterocycles. The zero-order valence-electron chi connectivity index (χ0n) is 16.6. The molecule has 0 bridgehead atoms. The molecule has 3 aromatic carbocycles. The molecule has 1 aliphatic heterocycles. The third-order valence-electron chi connectivity index (χ3n) is 4.81. The third kappa shape index (κ3) is 4.08. The number of phenols is 1. The predicted octanol–water partition coefficient (Wildman–Crippen LogP) is 4.57. The molecule has 0 radical (unpaired) electrons. The fourth-order valence-electron chi connectivity index (χ4n) is 3.29. The van der Waals surface area contributed by atoms with Crippen LogP contribution in [0.3, 0.4) is 0 Å². The summed E-state index contributed by atoms with van der Waals surface area (Å²) in [6, 6.07) is 17.7. The number of para-hydroxylation sites is 1. The van der Waals surface area contributed by atoms with E-state index in [2.05, 4.69) is 15.6 Å². The molecule has 1 amide bonds. The van der Waals surface area contributed by atoms with Crippen molar-refractivity contribution in [1.29, 1.82) is 0 Å². The van der Waals surface area contributed by atoms with Gasteiger partial charge in [-0.1, -0.05) is 12.1 Å². The SMILES string of the molecule is O=C(NC(=S)Nc1ccc(O)c(-c2nc3ccccc3s2)c1)c1ccc2c(c1)OCCO2. The number of nitrogens with zero attached hydrogens (tertiary/aromatic N) is 1. The Morgan fingerprint density at radius 2 is 1.84 bits per heavy atom. The number of aromatic nitrogens is 1. The van der Waals surface area contributed by atoms with Gasteiger partial charge in [-0.2, -0.15) is 0 Å². The summed E-state index contributed by atoms with van der Waals surface area (Å²) in [5.41, 5.74) is 2.47. The lowest BCUT2D eigenvalue weighted by Crippen LogP contribution is -2.34. The number of carbonyl (C=O) groups excluding carboxylic acids is 1. The van der Waals surface area contributed by atoms with E-state index >= 15 is 0 Å². The minimum absolute atomic E-state index is 0.112. The van der Waals surface area contributed by atoms with Gasteiger partial charge in [0, 0.05) is 11.3 Å². The largest absolute Gasteiger partial charge is 0.507 e. The van der Waals surface area contributed by atoms with Crippen LogP contribution in [-0.4, -0.2) is 34.3 Å². The van der Waals surface area contributed by atoms with Gasteiger partial charge < -0.3 is 19.9 Å². The highest BCUT2D eigenvalue weighted by molar-refractivity contribution is 7.80. The van der Waals surface area contributed by atoms with Crippen molar-refractivity contribution in [2.24, 2.45) is 0 Å². The van der Waals surface area contributed by atoms with Crippen molar-refractivity contribution in [2.75, 3.05) is 18.5 Å². The molecule has 0 unspecified atom stereocenters.